The number of carbonyl (C=O) groups is 2. The third-order valence-corrected chi connectivity index (χ3v) is 3.97. The van der Waals surface area contributed by atoms with E-state index in [-0.39, 0.29) is 12.5 Å². The summed E-state index contributed by atoms with van der Waals surface area (Å²) in [6.07, 6.45) is 0. The maximum Gasteiger partial charge on any atom is 0.250 e. The summed E-state index contributed by atoms with van der Waals surface area (Å²) in [4.78, 5) is 27.4. The Morgan fingerprint density at radius 3 is 2.67 bits per heavy atom. The van der Waals surface area contributed by atoms with Gasteiger partial charge in [0.15, 0.2) is 0 Å². The normalized spacial score (nSPS) is 14.9. The number of hydrogen-bond donors (Lipinski definition) is 2. The maximum atomic E-state index is 12.3. The number of rotatable bonds is 4. The Morgan fingerprint density at radius 1 is 1.38 bits per heavy atom. The van der Waals surface area contributed by atoms with Crippen molar-refractivity contribution in [1.29, 1.82) is 0 Å². The summed E-state index contributed by atoms with van der Waals surface area (Å²) in [6.45, 7) is 3.29. The van der Waals surface area contributed by atoms with Gasteiger partial charge in [-0.15, -0.1) is 0 Å². The Bertz CT molecular complexity index is 544. The van der Waals surface area contributed by atoms with Gasteiger partial charge in [-0.2, -0.15) is 0 Å². The van der Waals surface area contributed by atoms with Gasteiger partial charge in [-0.1, -0.05) is 15.9 Å². The predicted molar refractivity (Wildman–Crippen MR) is 85.4 cm³/mol. The second kappa shape index (κ2) is 6.91. The molecular weight excluding hydrogens is 336 g/mol. The molecule has 114 valence electrons. The van der Waals surface area contributed by atoms with Gasteiger partial charge in [-0.3, -0.25) is 9.59 Å². The van der Waals surface area contributed by atoms with Crippen molar-refractivity contribution < 1.29 is 9.59 Å². The lowest BCUT2D eigenvalue weighted by Gasteiger charge is -2.30. The smallest absolute Gasteiger partial charge is 0.250 e. The molecule has 1 fully saturated rings. The van der Waals surface area contributed by atoms with Crippen molar-refractivity contribution in [2.75, 3.05) is 44.7 Å². The summed E-state index contributed by atoms with van der Waals surface area (Å²) in [7, 11) is 1.79. The van der Waals surface area contributed by atoms with Crippen LogP contribution in [-0.2, 0) is 4.79 Å². The van der Waals surface area contributed by atoms with Crippen molar-refractivity contribution in [2.24, 2.45) is 5.73 Å². The van der Waals surface area contributed by atoms with E-state index in [2.05, 4.69) is 21.2 Å². The number of carbonyl (C=O) groups excluding carboxylic acids is 2. The number of primary amides is 1. The number of anilines is 1. The highest BCUT2D eigenvalue weighted by Gasteiger charge is 2.20. The summed E-state index contributed by atoms with van der Waals surface area (Å²) in [6, 6.07) is 5.22. The van der Waals surface area contributed by atoms with Crippen LogP contribution in [0.5, 0.6) is 0 Å². The third kappa shape index (κ3) is 3.95. The van der Waals surface area contributed by atoms with E-state index >= 15 is 0 Å². The van der Waals surface area contributed by atoms with Gasteiger partial charge >= 0.3 is 0 Å². The van der Waals surface area contributed by atoms with Crippen LogP contribution in [0.3, 0.4) is 0 Å². The van der Waals surface area contributed by atoms with E-state index in [4.69, 9.17) is 5.73 Å². The molecule has 0 aromatic heterocycles. The lowest BCUT2D eigenvalue weighted by Crippen LogP contribution is -2.49. The van der Waals surface area contributed by atoms with E-state index in [1.54, 1.807) is 30.1 Å². The van der Waals surface area contributed by atoms with Gasteiger partial charge in [-0.25, -0.2) is 0 Å². The minimum Gasteiger partial charge on any atom is -0.366 e. The average molecular weight is 355 g/mol. The minimum absolute atomic E-state index is 0.0504. The summed E-state index contributed by atoms with van der Waals surface area (Å²) < 4.78 is 0.837. The molecule has 7 heteroatoms. The first-order valence-electron chi connectivity index (χ1n) is 6.78. The fourth-order valence-corrected chi connectivity index (χ4v) is 2.68. The molecule has 3 N–H and O–H groups in total. The molecule has 0 atom stereocenters. The number of piperazine rings is 1. The van der Waals surface area contributed by atoms with Crippen LogP contribution in [0.2, 0.25) is 0 Å². The van der Waals surface area contributed by atoms with E-state index in [0.717, 1.165) is 17.6 Å². The van der Waals surface area contributed by atoms with E-state index in [0.29, 0.717) is 24.3 Å². The monoisotopic (exact) mass is 354 g/mol. The van der Waals surface area contributed by atoms with Crippen molar-refractivity contribution in [3.8, 4) is 0 Å². The lowest BCUT2D eigenvalue weighted by atomic mass is 10.1. The molecule has 0 spiro atoms. The Labute approximate surface area is 132 Å². The zero-order valence-electron chi connectivity index (χ0n) is 11.9. The summed E-state index contributed by atoms with van der Waals surface area (Å²) in [5, 5.41) is 3.21. The van der Waals surface area contributed by atoms with Crippen LogP contribution in [0.15, 0.2) is 22.7 Å². The first-order valence-corrected chi connectivity index (χ1v) is 7.57. The lowest BCUT2D eigenvalue weighted by molar-refractivity contribution is -0.130. The number of halogens is 1. The van der Waals surface area contributed by atoms with Gasteiger partial charge in [0.05, 0.1) is 17.8 Å². The zero-order valence-corrected chi connectivity index (χ0v) is 13.5. The maximum absolute atomic E-state index is 12.3. The number of amides is 2. The molecule has 0 bridgehead atoms. The molecule has 2 rings (SSSR count). The second-order valence-corrected chi connectivity index (χ2v) is 5.93. The molecule has 1 heterocycles. The van der Waals surface area contributed by atoms with E-state index in [9.17, 15) is 9.59 Å². The quantitative estimate of drug-likeness (QED) is 0.821. The van der Waals surface area contributed by atoms with Crippen LogP contribution in [0.25, 0.3) is 0 Å². The summed E-state index contributed by atoms with van der Waals surface area (Å²) >= 11 is 3.37. The van der Waals surface area contributed by atoms with Crippen molar-refractivity contribution in [2.45, 2.75) is 0 Å². The molecule has 0 aliphatic carbocycles. The highest BCUT2D eigenvalue weighted by atomic mass is 79.9. The fourth-order valence-electron chi connectivity index (χ4n) is 2.33. The number of hydrogen-bond acceptors (Lipinski definition) is 4. The van der Waals surface area contributed by atoms with Crippen LogP contribution in [-0.4, -0.2) is 56.5 Å². The van der Waals surface area contributed by atoms with Crippen LogP contribution >= 0.6 is 15.9 Å². The van der Waals surface area contributed by atoms with E-state index in [1.165, 1.54) is 0 Å². The number of nitrogens with two attached hydrogens (primary N) is 1. The van der Waals surface area contributed by atoms with Crippen LogP contribution in [0.4, 0.5) is 5.69 Å². The van der Waals surface area contributed by atoms with Gasteiger partial charge in [0, 0.05) is 37.7 Å². The van der Waals surface area contributed by atoms with E-state index < -0.39 is 5.91 Å². The van der Waals surface area contributed by atoms with Crippen molar-refractivity contribution >= 4 is 33.4 Å². The van der Waals surface area contributed by atoms with Gasteiger partial charge < -0.3 is 20.9 Å². The topological polar surface area (TPSA) is 78.7 Å². The minimum atomic E-state index is -0.501. The molecule has 21 heavy (non-hydrogen) atoms. The molecule has 6 nitrogen and oxygen atoms in total. The van der Waals surface area contributed by atoms with Crippen LogP contribution < -0.4 is 16.0 Å². The number of likely N-dealkylation sites (N-methyl/N-ethyl adjacent to an activating group) is 1. The standard InChI is InChI=1S/C14H19BrN4O2/c1-18(9-13(20)19-6-4-17-5-7-19)12-8-10(15)2-3-11(12)14(16)21/h2-3,8,17H,4-7,9H2,1H3,(H2,16,21). The third-order valence-electron chi connectivity index (χ3n) is 3.48. The van der Waals surface area contributed by atoms with Crippen molar-refractivity contribution in [3.05, 3.63) is 28.2 Å². The van der Waals surface area contributed by atoms with Gasteiger partial charge in [0.1, 0.15) is 0 Å². The highest BCUT2D eigenvalue weighted by Crippen LogP contribution is 2.24. The molecule has 0 saturated carbocycles. The predicted octanol–water partition coefficient (Wildman–Crippen LogP) is 0.416. The molecule has 0 radical (unpaired) electrons. The van der Waals surface area contributed by atoms with E-state index in [1.807, 2.05) is 4.90 Å². The highest BCUT2D eigenvalue weighted by molar-refractivity contribution is 9.10. The molecular formula is C14H19BrN4O2. The fraction of sp³-hybridized carbons (Fsp3) is 0.429. The molecule has 1 aromatic carbocycles. The Kier molecular flexibility index (Phi) is 5.19. The van der Waals surface area contributed by atoms with Gasteiger partial charge in [-0.05, 0) is 18.2 Å². The summed E-state index contributed by atoms with van der Waals surface area (Å²) in [5.74, 6) is -0.451. The SMILES string of the molecule is CN(CC(=O)N1CCNCC1)c1cc(Br)ccc1C(N)=O. The Hall–Kier alpha value is -1.60. The average Bonchev–Trinajstić information content (AvgIpc) is 2.47. The molecule has 2 amide bonds. The van der Waals surface area contributed by atoms with Gasteiger partial charge in [0.25, 0.3) is 5.91 Å². The first-order chi connectivity index (χ1) is 9.99. The second-order valence-electron chi connectivity index (χ2n) is 5.01. The first kappa shape index (κ1) is 15.8. The number of nitrogens with one attached hydrogen (secondary N) is 1. The molecule has 1 aromatic rings. The Balaban J connectivity index is 2.12. The number of nitrogens with zero attached hydrogens (tertiary/aromatic N) is 2. The molecule has 1 aliphatic rings. The van der Waals surface area contributed by atoms with Gasteiger partial charge in [0.2, 0.25) is 5.91 Å². The number of benzene rings is 1. The van der Waals surface area contributed by atoms with Crippen LogP contribution in [0, 0.1) is 0 Å². The van der Waals surface area contributed by atoms with Crippen molar-refractivity contribution in [1.82, 2.24) is 10.2 Å². The Morgan fingerprint density at radius 2 is 2.05 bits per heavy atom. The molecule has 1 aliphatic heterocycles. The molecule has 1 saturated heterocycles. The zero-order chi connectivity index (χ0) is 15.4. The molecule has 0 unspecified atom stereocenters. The largest absolute Gasteiger partial charge is 0.366 e. The van der Waals surface area contributed by atoms with Crippen molar-refractivity contribution in [3.63, 3.8) is 0 Å². The van der Waals surface area contributed by atoms with Crippen LogP contribution in [0.1, 0.15) is 10.4 Å². The summed E-state index contributed by atoms with van der Waals surface area (Å²) in [5.41, 5.74) is 6.46.